The van der Waals surface area contributed by atoms with E-state index in [0.717, 1.165) is 31.2 Å². The first-order chi connectivity index (χ1) is 13.6. The molecular weight excluding hydrogens is 378 g/mol. The molecule has 28 heavy (non-hydrogen) atoms. The quantitative estimate of drug-likeness (QED) is 0.669. The highest BCUT2D eigenvalue weighted by atomic mass is 35.5. The number of rotatable bonds is 8. The van der Waals surface area contributed by atoms with Crippen molar-refractivity contribution in [3.05, 3.63) is 47.5 Å². The smallest absolute Gasteiger partial charge is 0.244 e. The highest BCUT2D eigenvalue weighted by Gasteiger charge is 2.29. The van der Waals surface area contributed by atoms with Gasteiger partial charge < -0.3 is 19.4 Å². The molecule has 1 aliphatic rings. The van der Waals surface area contributed by atoms with Crippen molar-refractivity contribution >= 4 is 23.6 Å². The van der Waals surface area contributed by atoms with Gasteiger partial charge in [0.05, 0.1) is 31.1 Å². The summed E-state index contributed by atoms with van der Waals surface area (Å²) in [4.78, 5) is 16.5. The lowest BCUT2D eigenvalue weighted by Gasteiger charge is -2.21. The van der Waals surface area contributed by atoms with E-state index in [1.165, 1.54) is 6.08 Å². The van der Waals surface area contributed by atoms with Crippen LogP contribution in [0.1, 0.15) is 44.2 Å². The maximum absolute atomic E-state index is 12.4. The van der Waals surface area contributed by atoms with Gasteiger partial charge in [0.15, 0.2) is 11.5 Å². The number of methoxy groups -OCH3 is 1. The lowest BCUT2D eigenvalue weighted by Crippen LogP contribution is -2.37. The Morgan fingerprint density at radius 3 is 3.00 bits per heavy atom. The van der Waals surface area contributed by atoms with Crippen LogP contribution in [0.3, 0.4) is 0 Å². The lowest BCUT2D eigenvalue weighted by molar-refractivity contribution is -0.117. The molecule has 1 saturated carbocycles. The molecule has 0 bridgehead atoms. The number of halogens is 1. The minimum Gasteiger partial charge on any atom is -0.493 e. The number of aromatic nitrogens is 2. The van der Waals surface area contributed by atoms with Crippen molar-refractivity contribution < 1.29 is 14.3 Å². The Bertz CT molecular complexity index is 821. The van der Waals surface area contributed by atoms with Gasteiger partial charge >= 0.3 is 0 Å². The fourth-order valence-corrected chi connectivity index (χ4v) is 3.79. The SMILES string of the molecule is CCCOc1c(Cl)cc(/C=C/C(=O)N[C@H]2CCC[C@H]2n2ccnc2)cc1OC. The summed E-state index contributed by atoms with van der Waals surface area (Å²) in [6.07, 6.45) is 12.7. The van der Waals surface area contributed by atoms with Gasteiger partial charge in [0.25, 0.3) is 0 Å². The zero-order chi connectivity index (χ0) is 19.9. The van der Waals surface area contributed by atoms with Gasteiger partial charge in [-0.3, -0.25) is 4.79 Å². The molecule has 0 radical (unpaired) electrons. The average molecular weight is 404 g/mol. The topological polar surface area (TPSA) is 65.4 Å². The Labute approximate surface area is 170 Å². The number of nitrogens with one attached hydrogen (secondary N) is 1. The predicted octanol–water partition coefficient (Wildman–Crippen LogP) is 4.26. The van der Waals surface area contributed by atoms with E-state index in [9.17, 15) is 4.79 Å². The van der Waals surface area contributed by atoms with Gasteiger partial charge in [-0.25, -0.2) is 4.98 Å². The number of hydrogen-bond donors (Lipinski definition) is 1. The van der Waals surface area contributed by atoms with E-state index in [1.807, 2.05) is 19.2 Å². The third-order valence-corrected chi connectivity index (χ3v) is 5.13. The van der Waals surface area contributed by atoms with Crippen molar-refractivity contribution in [2.45, 2.75) is 44.7 Å². The third kappa shape index (κ3) is 4.87. The maximum Gasteiger partial charge on any atom is 0.244 e. The van der Waals surface area contributed by atoms with Crippen LogP contribution in [0, 0.1) is 0 Å². The molecule has 1 aromatic heterocycles. The van der Waals surface area contributed by atoms with Gasteiger partial charge in [0.2, 0.25) is 5.91 Å². The molecule has 3 rings (SSSR count). The standard InChI is InChI=1S/C21H26ClN3O3/c1-3-11-28-21-16(22)12-15(13-19(21)27-2)7-8-20(26)24-17-5-4-6-18(17)25-10-9-23-14-25/h7-10,12-14,17-18H,3-6,11H2,1-2H3,(H,24,26)/b8-7+/t17-,18+/m0/s1. The zero-order valence-corrected chi connectivity index (χ0v) is 17.0. The van der Waals surface area contributed by atoms with E-state index in [-0.39, 0.29) is 18.0 Å². The molecule has 1 heterocycles. The van der Waals surface area contributed by atoms with Crippen LogP contribution in [0.15, 0.2) is 36.9 Å². The first kappa shape index (κ1) is 20.3. The number of imidazole rings is 1. The summed E-state index contributed by atoms with van der Waals surface area (Å²) in [5, 5.41) is 3.57. The van der Waals surface area contributed by atoms with Crippen LogP contribution < -0.4 is 14.8 Å². The summed E-state index contributed by atoms with van der Waals surface area (Å²) in [5.41, 5.74) is 0.776. The van der Waals surface area contributed by atoms with Crippen molar-refractivity contribution in [2.75, 3.05) is 13.7 Å². The van der Waals surface area contributed by atoms with Crippen molar-refractivity contribution in [3.8, 4) is 11.5 Å². The molecule has 1 N–H and O–H groups in total. The highest BCUT2D eigenvalue weighted by molar-refractivity contribution is 6.32. The molecule has 150 valence electrons. The summed E-state index contributed by atoms with van der Waals surface area (Å²) >= 11 is 6.33. The molecule has 1 aliphatic carbocycles. The Morgan fingerprint density at radius 2 is 2.29 bits per heavy atom. The van der Waals surface area contributed by atoms with E-state index in [4.69, 9.17) is 21.1 Å². The lowest BCUT2D eigenvalue weighted by atomic mass is 10.1. The third-order valence-electron chi connectivity index (χ3n) is 4.84. The van der Waals surface area contributed by atoms with Gasteiger partial charge in [0, 0.05) is 24.5 Å². The number of carbonyl (C=O) groups excluding carboxylic acids is 1. The molecular formula is C21H26ClN3O3. The van der Waals surface area contributed by atoms with Gasteiger partial charge in [-0.2, -0.15) is 0 Å². The Hall–Kier alpha value is -2.47. The molecule has 0 aliphatic heterocycles. The fraction of sp³-hybridized carbons (Fsp3) is 0.429. The number of hydrogen-bond acceptors (Lipinski definition) is 4. The summed E-state index contributed by atoms with van der Waals surface area (Å²) in [6, 6.07) is 3.94. The summed E-state index contributed by atoms with van der Waals surface area (Å²) in [7, 11) is 1.57. The van der Waals surface area contributed by atoms with Crippen LogP contribution in [0.25, 0.3) is 6.08 Å². The van der Waals surface area contributed by atoms with Crippen LogP contribution in [0.5, 0.6) is 11.5 Å². The molecule has 6 nitrogen and oxygen atoms in total. The largest absolute Gasteiger partial charge is 0.493 e. The molecule has 1 aromatic carbocycles. The number of benzene rings is 1. The van der Waals surface area contributed by atoms with Crippen molar-refractivity contribution in [1.29, 1.82) is 0 Å². The van der Waals surface area contributed by atoms with E-state index in [0.29, 0.717) is 23.1 Å². The molecule has 0 spiro atoms. The van der Waals surface area contributed by atoms with E-state index >= 15 is 0 Å². The molecule has 1 fully saturated rings. The Balaban J connectivity index is 1.66. The summed E-state index contributed by atoms with van der Waals surface area (Å²) in [6.45, 7) is 2.59. The molecule has 0 unspecified atom stereocenters. The normalized spacial score (nSPS) is 19.1. The second-order valence-corrected chi connectivity index (χ2v) is 7.25. The number of ether oxygens (including phenoxy) is 2. The second-order valence-electron chi connectivity index (χ2n) is 6.84. The monoisotopic (exact) mass is 403 g/mol. The number of carbonyl (C=O) groups is 1. The van der Waals surface area contributed by atoms with Crippen molar-refractivity contribution in [2.24, 2.45) is 0 Å². The number of nitrogens with zero attached hydrogens (tertiary/aromatic N) is 2. The van der Waals surface area contributed by atoms with Crippen LogP contribution in [-0.2, 0) is 4.79 Å². The van der Waals surface area contributed by atoms with Crippen LogP contribution in [0.4, 0.5) is 0 Å². The molecule has 2 atom stereocenters. The predicted molar refractivity (Wildman–Crippen MR) is 110 cm³/mol. The summed E-state index contributed by atoms with van der Waals surface area (Å²) < 4.78 is 13.1. The van der Waals surface area contributed by atoms with E-state index in [1.54, 1.807) is 31.8 Å². The maximum atomic E-state index is 12.4. The first-order valence-corrected chi connectivity index (χ1v) is 9.96. The number of amides is 1. The zero-order valence-electron chi connectivity index (χ0n) is 16.2. The molecule has 0 saturated heterocycles. The molecule has 7 heteroatoms. The average Bonchev–Trinajstić information content (AvgIpc) is 3.36. The second kappa shape index (κ2) is 9.64. The van der Waals surface area contributed by atoms with Crippen molar-refractivity contribution in [3.63, 3.8) is 0 Å². The van der Waals surface area contributed by atoms with Gasteiger partial charge in [0.1, 0.15) is 0 Å². The van der Waals surface area contributed by atoms with Crippen LogP contribution >= 0.6 is 11.6 Å². The van der Waals surface area contributed by atoms with Crippen LogP contribution in [0.2, 0.25) is 5.02 Å². The minimum atomic E-state index is -0.126. The molecule has 1 amide bonds. The molecule has 2 aromatic rings. The highest BCUT2D eigenvalue weighted by Crippen LogP contribution is 2.37. The van der Waals surface area contributed by atoms with E-state index in [2.05, 4.69) is 14.9 Å². The van der Waals surface area contributed by atoms with Crippen molar-refractivity contribution in [1.82, 2.24) is 14.9 Å². The van der Waals surface area contributed by atoms with Gasteiger partial charge in [-0.1, -0.05) is 18.5 Å². The Morgan fingerprint density at radius 1 is 1.43 bits per heavy atom. The van der Waals surface area contributed by atoms with Crippen LogP contribution in [-0.4, -0.2) is 35.2 Å². The van der Waals surface area contributed by atoms with Gasteiger partial charge in [-0.15, -0.1) is 0 Å². The summed E-state index contributed by atoms with van der Waals surface area (Å²) in [5.74, 6) is 0.956. The van der Waals surface area contributed by atoms with E-state index < -0.39 is 0 Å². The Kier molecular flexibility index (Phi) is 6.98. The first-order valence-electron chi connectivity index (χ1n) is 9.58. The van der Waals surface area contributed by atoms with Gasteiger partial charge in [-0.05, 0) is 49.5 Å². The fourth-order valence-electron chi connectivity index (χ4n) is 3.51. The minimum absolute atomic E-state index is 0.106.